The van der Waals surface area contributed by atoms with E-state index in [-0.39, 0.29) is 39.2 Å². The fourth-order valence-electron chi connectivity index (χ4n) is 2.16. The fourth-order valence-corrected chi connectivity index (χ4v) is 3.05. The second-order valence-corrected chi connectivity index (χ2v) is 12.1. The van der Waals surface area contributed by atoms with Crippen molar-refractivity contribution in [3.8, 4) is 17.1 Å². The van der Waals surface area contributed by atoms with Crippen molar-refractivity contribution in [2.45, 2.75) is 19.6 Å². The van der Waals surface area contributed by atoms with E-state index in [0.29, 0.717) is 0 Å². The van der Waals surface area contributed by atoms with Crippen LogP contribution in [0.25, 0.3) is 17.5 Å². The van der Waals surface area contributed by atoms with Crippen molar-refractivity contribution < 1.29 is 19.0 Å². The predicted molar refractivity (Wildman–Crippen MR) is 103 cm³/mol. The van der Waals surface area contributed by atoms with Crippen molar-refractivity contribution >= 4 is 37.5 Å². The van der Waals surface area contributed by atoms with E-state index in [2.05, 4.69) is 29.6 Å². The number of carboxylic acids is 1. The van der Waals surface area contributed by atoms with Crippen LogP contribution < -0.4 is 10.5 Å². The molecule has 0 radical (unpaired) electrons. The number of aromatic carboxylic acids is 1. The first kappa shape index (κ1) is 19.9. The Morgan fingerprint density at radius 2 is 2.00 bits per heavy atom. The normalized spacial score (nSPS) is 11.8. The summed E-state index contributed by atoms with van der Waals surface area (Å²) < 4.78 is 19.5. The number of nitrogens with two attached hydrogens (primary N) is 1. The van der Waals surface area contributed by atoms with Gasteiger partial charge in [-0.3, -0.25) is 0 Å². The van der Waals surface area contributed by atoms with E-state index < -0.39 is 19.9 Å². The van der Waals surface area contributed by atoms with Gasteiger partial charge in [-0.15, -0.1) is 0 Å². The second kappa shape index (κ2) is 7.43. The van der Waals surface area contributed by atoms with Gasteiger partial charge in [0, 0.05) is 5.56 Å². The molecule has 0 aliphatic rings. The zero-order valence-electron chi connectivity index (χ0n) is 14.8. The minimum absolute atomic E-state index is 0.0461. The lowest BCUT2D eigenvalue weighted by molar-refractivity contribution is 0.0690. The maximum Gasteiger partial charge on any atom is 0.355 e. The molecule has 0 atom stereocenters. The smallest absolute Gasteiger partial charge is 0.355 e. The van der Waals surface area contributed by atoms with Crippen molar-refractivity contribution in [2.24, 2.45) is 0 Å². The third-order valence-electron chi connectivity index (χ3n) is 3.42. The van der Waals surface area contributed by atoms with Gasteiger partial charge in [-0.05, 0) is 12.1 Å². The first-order chi connectivity index (χ1) is 12.0. The van der Waals surface area contributed by atoms with Crippen LogP contribution in [-0.2, 0) is 0 Å². The summed E-state index contributed by atoms with van der Waals surface area (Å²) in [5, 5.41) is 9.58. The number of rotatable bonds is 5. The van der Waals surface area contributed by atoms with Crippen LogP contribution in [-0.4, -0.2) is 36.2 Å². The van der Waals surface area contributed by atoms with Crippen LogP contribution in [0, 0.1) is 5.82 Å². The summed E-state index contributed by atoms with van der Waals surface area (Å²) in [5.74, 6) is -2.45. The molecule has 3 N–H and O–H groups in total. The number of carbonyl (C=O) groups is 1. The van der Waals surface area contributed by atoms with Crippen molar-refractivity contribution in [3.05, 3.63) is 39.9 Å². The van der Waals surface area contributed by atoms with Gasteiger partial charge in [0.25, 0.3) is 0 Å². The number of carboxylic acid groups (broad SMARTS) is 1. The molecule has 0 fully saturated rings. The van der Waals surface area contributed by atoms with E-state index in [0.717, 1.165) is 0 Å². The number of hydrogen-bond donors (Lipinski definition) is 2. The Labute approximate surface area is 156 Å². The summed E-state index contributed by atoms with van der Waals surface area (Å²) in [6.07, 6.45) is 1.62. The molecule has 0 spiro atoms. The standard InChI is InChI=1S/C17H19ClFN3O3Si/c1-25-14-11(18)6-5-9(12(14)19)16-21-13(17(23)24)10(15(20)22-16)7-8-26(2,3)4/h5-8H,1-4H3,(H,23,24)(H2,20,21,22). The van der Waals surface area contributed by atoms with E-state index in [1.807, 2.05) is 5.70 Å². The zero-order valence-corrected chi connectivity index (χ0v) is 16.6. The third kappa shape index (κ3) is 4.20. The monoisotopic (exact) mass is 395 g/mol. The molecule has 0 amide bonds. The first-order valence-electron chi connectivity index (χ1n) is 7.67. The molecule has 2 rings (SSSR count). The molecule has 0 aliphatic heterocycles. The molecule has 0 aliphatic carbocycles. The molecule has 2 aromatic rings. The molecule has 26 heavy (non-hydrogen) atoms. The molecule has 9 heteroatoms. The average molecular weight is 396 g/mol. The maximum atomic E-state index is 14.6. The highest BCUT2D eigenvalue weighted by atomic mass is 35.5. The summed E-state index contributed by atoms with van der Waals surface area (Å²) in [4.78, 5) is 19.7. The van der Waals surface area contributed by atoms with Crippen LogP contribution in [0.5, 0.6) is 5.75 Å². The Morgan fingerprint density at radius 1 is 1.35 bits per heavy atom. The van der Waals surface area contributed by atoms with Crippen molar-refractivity contribution in [3.63, 3.8) is 0 Å². The van der Waals surface area contributed by atoms with Gasteiger partial charge in [-0.25, -0.2) is 19.2 Å². The average Bonchev–Trinajstić information content (AvgIpc) is 2.52. The highest BCUT2D eigenvalue weighted by Gasteiger charge is 2.22. The predicted octanol–water partition coefficient (Wildman–Crippen LogP) is 4.12. The van der Waals surface area contributed by atoms with Gasteiger partial charge >= 0.3 is 5.97 Å². The third-order valence-corrected chi connectivity index (χ3v) is 4.89. The first-order valence-corrected chi connectivity index (χ1v) is 11.6. The summed E-state index contributed by atoms with van der Waals surface area (Å²) in [6.45, 7) is 6.26. The number of benzene rings is 1. The minimum Gasteiger partial charge on any atom is -0.492 e. The topological polar surface area (TPSA) is 98.3 Å². The molecule has 0 saturated heterocycles. The molecule has 1 aromatic heterocycles. The lowest BCUT2D eigenvalue weighted by atomic mass is 10.1. The van der Waals surface area contributed by atoms with Crippen LogP contribution in [0.4, 0.5) is 10.2 Å². The van der Waals surface area contributed by atoms with Crippen molar-refractivity contribution in [1.29, 1.82) is 0 Å². The van der Waals surface area contributed by atoms with Gasteiger partial charge in [0.15, 0.2) is 23.1 Å². The van der Waals surface area contributed by atoms with Crippen LogP contribution in [0.2, 0.25) is 24.7 Å². The number of nitrogen functional groups attached to an aromatic ring is 1. The van der Waals surface area contributed by atoms with E-state index in [1.165, 1.54) is 19.2 Å². The van der Waals surface area contributed by atoms with Gasteiger partial charge < -0.3 is 15.6 Å². The molecular formula is C17H19ClFN3O3Si. The molecule has 138 valence electrons. The number of halogens is 2. The van der Waals surface area contributed by atoms with Crippen LogP contribution in [0.1, 0.15) is 16.1 Å². The molecule has 0 saturated carbocycles. The number of hydrogen-bond acceptors (Lipinski definition) is 5. The van der Waals surface area contributed by atoms with Crippen molar-refractivity contribution in [2.75, 3.05) is 12.8 Å². The number of anilines is 1. The number of ether oxygens (including phenoxy) is 1. The lowest BCUT2D eigenvalue weighted by Crippen LogP contribution is -2.16. The number of nitrogens with zero attached hydrogens (tertiary/aromatic N) is 2. The van der Waals surface area contributed by atoms with Crippen LogP contribution in [0.3, 0.4) is 0 Å². The van der Waals surface area contributed by atoms with Gasteiger partial charge in [0.2, 0.25) is 0 Å². The zero-order chi connectivity index (χ0) is 19.6. The van der Waals surface area contributed by atoms with Crippen LogP contribution in [0.15, 0.2) is 17.8 Å². The fraction of sp³-hybridized carbons (Fsp3) is 0.235. The van der Waals surface area contributed by atoms with E-state index in [4.69, 9.17) is 22.1 Å². The van der Waals surface area contributed by atoms with E-state index in [1.54, 1.807) is 6.08 Å². The molecule has 0 bridgehead atoms. The Balaban J connectivity index is 2.68. The summed E-state index contributed by atoms with van der Waals surface area (Å²) in [5.41, 5.74) is 7.73. The lowest BCUT2D eigenvalue weighted by Gasteiger charge is -2.12. The maximum absolute atomic E-state index is 14.6. The minimum atomic E-state index is -1.60. The van der Waals surface area contributed by atoms with E-state index in [9.17, 15) is 14.3 Å². The highest BCUT2D eigenvalue weighted by Crippen LogP contribution is 2.34. The van der Waals surface area contributed by atoms with E-state index >= 15 is 0 Å². The number of aromatic nitrogens is 2. The van der Waals surface area contributed by atoms with Gasteiger partial charge in [0.05, 0.1) is 25.8 Å². The quantitative estimate of drug-likeness (QED) is 0.739. The Bertz CT molecular complexity index is 898. The molecule has 6 nitrogen and oxygen atoms in total. The summed E-state index contributed by atoms with van der Waals surface area (Å²) >= 11 is 5.88. The molecule has 0 unspecified atom stereocenters. The SMILES string of the molecule is COc1c(Cl)ccc(-c2nc(N)c(C=C[Si](C)(C)C)c(C(=O)O)n2)c1F. The van der Waals surface area contributed by atoms with Crippen molar-refractivity contribution in [1.82, 2.24) is 9.97 Å². The van der Waals surface area contributed by atoms with Crippen LogP contribution >= 0.6 is 11.6 Å². The Hall–Kier alpha value is -2.45. The van der Waals surface area contributed by atoms with Gasteiger partial charge in [0.1, 0.15) is 5.82 Å². The summed E-state index contributed by atoms with van der Waals surface area (Å²) in [6, 6.07) is 2.76. The Morgan fingerprint density at radius 3 is 2.54 bits per heavy atom. The summed E-state index contributed by atoms with van der Waals surface area (Å²) in [7, 11) is -0.328. The molecule has 1 heterocycles. The Kier molecular flexibility index (Phi) is 5.67. The second-order valence-electron chi connectivity index (χ2n) is 6.64. The van der Waals surface area contributed by atoms with Gasteiger partial charge in [-0.1, -0.05) is 43.0 Å². The molecular weight excluding hydrogens is 377 g/mol. The van der Waals surface area contributed by atoms with Gasteiger partial charge in [-0.2, -0.15) is 0 Å². The highest BCUT2D eigenvalue weighted by molar-refractivity contribution is 6.81. The largest absolute Gasteiger partial charge is 0.492 e. The number of methoxy groups -OCH3 is 1. The molecule has 1 aromatic carbocycles.